The molecule has 15 heteroatoms. The van der Waals surface area contributed by atoms with E-state index >= 15 is 0 Å². The predicted molar refractivity (Wildman–Crippen MR) is 207 cm³/mol. The lowest BCUT2D eigenvalue weighted by Crippen LogP contribution is -2.51. The first-order chi connectivity index (χ1) is 26.6. The van der Waals surface area contributed by atoms with Crippen molar-refractivity contribution in [3.05, 3.63) is 125 Å². The van der Waals surface area contributed by atoms with E-state index in [2.05, 4.69) is 20.6 Å². The number of hydrogen-bond donors (Lipinski definition) is 2. The summed E-state index contributed by atoms with van der Waals surface area (Å²) in [6.45, 7) is 1.41. The topological polar surface area (TPSA) is 153 Å². The molecule has 3 amide bonds. The Bertz CT molecular complexity index is 2600. The predicted octanol–water partition coefficient (Wildman–Crippen LogP) is 6.20. The Morgan fingerprint density at radius 3 is 2.58 bits per heavy atom. The van der Waals surface area contributed by atoms with Crippen LogP contribution < -0.4 is 15.4 Å². The molecule has 0 radical (unpaired) electrons. The molecule has 1 aliphatic carbocycles. The third-order valence-corrected chi connectivity index (χ3v) is 14.2. The molecule has 1 saturated heterocycles. The number of ether oxygens (including phenoxy) is 1. The first-order valence-electron chi connectivity index (χ1n) is 17.7. The molecule has 2 aliphatic heterocycles. The second kappa shape index (κ2) is 13.7. The number of nitrogens with one attached hydrogen (secondary N) is 2. The van der Waals surface area contributed by atoms with E-state index in [9.17, 15) is 22.8 Å². The highest BCUT2D eigenvalue weighted by molar-refractivity contribution is 7.99. The van der Waals surface area contributed by atoms with Crippen LogP contribution in [0, 0.1) is 5.41 Å². The zero-order valence-corrected chi connectivity index (χ0v) is 31.9. The molecule has 0 spiro atoms. The first-order valence-corrected chi connectivity index (χ1v) is 20.9. The van der Waals surface area contributed by atoms with Gasteiger partial charge in [0.05, 0.1) is 43.5 Å². The van der Waals surface area contributed by atoms with Gasteiger partial charge in [-0.1, -0.05) is 42.1 Å². The number of thiazole rings is 1. The van der Waals surface area contributed by atoms with Gasteiger partial charge < -0.3 is 20.3 Å². The third kappa shape index (κ3) is 6.35. The fraction of sp³-hybridized carbons (Fsp3) is 0.225. The minimum Gasteiger partial charge on any atom is -0.455 e. The van der Waals surface area contributed by atoms with Crippen LogP contribution in [0.25, 0.3) is 10.9 Å². The van der Waals surface area contributed by atoms with Crippen molar-refractivity contribution in [2.24, 2.45) is 5.41 Å². The maximum atomic E-state index is 14.3. The van der Waals surface area contributed by atoms with Gasteiger partial charge in [-0.05, 0) is 74.4 Å². The SMILES string of the molecule is C[C@@H](NC(=O)[C@@H]1C[C@]2(Cc3nccs3)C[C@@H]2N1C(=O)CNC(=O)c1ccc2c(c1)Oc1ccccc1S2)c1cc2cnccc2n1S(=O)(=O)c1ccccc1. The lowest BCUT2D eigenvalue weighted by atomic mass is 9.95. The van der Waals surface area contributed by atoms with E-state index in [-0.39, 0.29) is 28.8 Å². The summed E-state index contributed by atoms with van der Waals surface area (Å²) >= 11 is 3.09. The second-order valence-corrected chi connectivity index (χ2v) is 17.9. The van der Waals surface area contributed by atoms with Crippen LogP contribution in [0.15, 0.2) is 124 Å². The van der Waals surface area contributed by atoms with Crippen LogP contribution in [0.5, 0.6) is 11.5 Å². The quantitative estimate of drug-likeness (QED) is 0.165. The van der Waals surface area contributed by atoms with Gasteiger partial charge in [0, 0.05) is 52.8 Å². The molecule has 278 valence electrons. The number of amides is 3. The molecular formula is C40H34N6O6S3. The molecule has 9 rings (SSSR count). The zero-order valence-electron chi connectivity index (χ0n) is 29.4. The van der Waals surface area contributed by atoms with Gasteiger partial charge in [0.15, 0.2) is 0 Å². The van der Waals surface area contributed by atoms with Crippen molar-refractivity contribution >= 4 is 61.7 Å². The lowest BCUT2D eigenvalue weighted by Gasteiger charge is -2.28. The molecule has 1 saturated carbocycles. The average molecular weight is 791 g/mol. The standard InChI is InChI=1S/C40H34N6O6S3/c1-24(29-17-26-22-41-14-13-28(26)46(29)55(50,51)27-7-3-2-4-8-27)44-39(49)30-19-40(21-36-42-15-16-53-36)20-35(40)45(30)37(47)23-43-38(48)25-11-12-34-32(18-25)52-31-9-5-6-10-33(31)54-34/h2-18,22,24,30,35H,19-21,23H2,1H3,(H,43,48)(H,44,49)/t24-,30+,35+,40-/m1/s1. The monoisotopic (exact) mass is 790 g/mol. The second-order valence-electron chi connectivity index (χ2n) is 14.0. The molecule has 2 N–H and O–H groups in total. The van der Waals surface area contributed by atoms with E-state index in [1.807, 2.05) is 35.7 Å². The van der Waals surface area contributed by atoms with Crippen molar-refractivity contribution in [3.8, 4) is 11.5 Å². The van der Waals surface area contributed by atoms with Crippen molar-refractivity contribution in [2.75, 3.05) is 6.54 Å². The molecule has 3 aromatic heterocycles. The number of likely N-dealkylation sites (tertiary alicyclic amines) is 1. The smallest absolute Gasteiger partial charge is 0.268 e. The first kappa shape index (κ1) is 35.2. The van der Waals surface area contributed by atoms with Gasteiger partial charge in [-0.3, -0.25) is 19.4 Å². The highest BCUT2D eigenvalue weighted by Crippen LogP contribution is 2.61. The van der Waals surface area contributed by atoms with Crippen LogP contribution in [0.1, 0.15) is 46.9 Å². The van der Waals surface area contributed by atoms with Crippen LogP contribution in [-0.4, -0.2) is 63.6 Å². The number of fused-ring (bicyclic) bond motifs is 4. The van der Waals surface area contributed by atoms with Crippen LogP contribution in [0.3, 0.4) is 0 Å². The molecule has 2 fully saturated rings. The van der Waals surface area contributed by atoms with Crippen LogP contribution in [0.4, 0.5) is 0 Å². The number of benzene rings is 3. The molecule has 0 bridgehead atoms. The molecule has 55 heavy (non-hydrogen) atoms. The largest absolute Gasteiger partial charge is 0.455 e. The van der Waals surface area contributed by atoms with E-state index < -0.39 is 33.9 Å². The lowest BCUT2D eigenvalue weighted by molar-refractivity contribution is -0.139. The minimum absolute atomic E-state index is 0.107. The zero-order chi connectivity index (χ0) is 37.9. The maximum Gasteiger partial charge on any atom is 0.268 e. The van der Waals surface area contributed by atoms with Gasteiger partial charge in [0.25, 0.3) is 15.9 Å². The molecule has 3 aromatic carbocycles. The molecule has 0 unspecified atom stereocenters. The summed E-state index contributed by atoms with van der Waals surface area (Å²) in [7, 11) is -4.06. The minimum atomic E-state index is -4.06. The number of rotatable bonds is 10. The van der Waals surface area contributed by atoms with Gasteiger partial charge in [0.1, 0.15) is 17.5 Å². The molecule has 3 aliphatic rings. The van der Waals surface area contributed by atoms with Crippen molar-refractivity contribution in [1.82, 2.24) is 29.5 Å². The highest BCUT2D eigenvalue weighted by Gasteiger charge is 2.67. The van der Waals surface area contributed by atoms with Crippen LogP contribution in [0.2, 0.25) is 0 Å². The molecule has 12 nitrogen and oxygen atoms in total. The Morgan fingerprint density at radius 2 is 1.76 bits per heavy atom. The van der Waals surface area contributed by atoms with E-state index in [0.29, 0.717) is 52.9 Å². The highest BCUT2D eigenvalue weighted by atomic mass is 32.2. The third-order valence-electron chi connectivity index (χ3n) is 10.6. The average Bonchev–Trinajstić information content (AvgIpc) is 3.54. The Hall–Kier alpha value is -5.51. The molecule has 4 atom stereocenters. The van der Waals surface area contributed by atoms with Crippen molar-refractivity contribution in [2.45, 2.75) is 59.0 Å². The number of aromatic nitrogens is 3. The summed E-state index contributed by atoms with van der Waals surface area (Å²) in [4.78, 5) is 54.0. The Balaban J connectivity index is 0.951. The summed E-state index contributed by atoms with van der Waals surface area (Å²) in [6, 6.07) is 22.5. The number of para-hydroxylation sites is 1. The Morgan fingerprint density at radius 1 is 0.964 bits per heavy atom. The van der Waals surface area contributed by atoms with Gasteiger partial charge >= 0.3 is 0 Å². The fourth-order valence-electron chi connectivity index (χ4n) is 7.83. The maximum absolute atomic E-state index is 14.3. The number of nitrogens with zero attached hydrogens (tertiary/aromatic N) is 4. The van der Waals surface area contributed by atoms with Gasteiger partial charge in [-0.25, -0.2) is 17.4 Å². The number of piperidine rings is 1. The summed E-state index contributed by atoms with van der Waals surface area (Å²) < 4.78 is 35.4. The van der Waals surface area contributed by atoms with E-state index in [1.165, 1.54) is 33.6 Å². The van der Waals surface area contributed by atoms with Crippen LogP contribution >= 0.6 is 23.1 Å². The van der Waals surface area contributed by atoms with E-state index in [0.717, 1.165) is 14.8 Å². The van der Waals surface area contributed by atoms with Crippen molar-refractivity contribution in [3.63, 3.8) is 0 Å². The van der Waals surface area contributed by atoms with E-state index in [4.69, 9.17) is 4.74 Å². The fourth-order valence-corrected chi connectivity index (χ4v) is 11.2. The number of carbonyl (C=O) groups is 3. The molecule has 6 aromatic rings. The van der Waals surface area contributed by atoms with Gasteiger partial charge in [-0.15, -0.1) is 11.3 Å². The van der Waals surface area contributed by atoms with Gasteiger partial charge in [-0.2, -0.15) is 0 Å². The molecule has 5 heterocycles. The summed E-state index contributed by atoms with van der Waals surface area (Å²) in [6.07, 6.45) is 6.60. The van der Waals surface area contributed by atoms with Gasteiger partial charge in [0.2, 0.25) is 11.8 Å². The summed E-state index contributed by atoms with van der Waals surface area (Å²) in [5.41, 5.74) is 0.795. The summed E-state index contributed by atoms with van der Waals surface area (Å²) in [5.74, 6) is 0.0428. The Kier molecular flexibility index (Phi) is 8.74. The van der Waals surface area contributed by atoms with E-state index in [1.54, 1.807) is 78.4 Å². The Labute approximate surface area is 325 Å². The number of pyridine rings is 1. The molecular weight excluding hydrogens is 757 g/mol. The summed E-state index contributed by atoms with van der Waals surface area (Å²) in [5, 5.41) is 9.24. The van der Waals surface area contributed by atoms with Crippen molar-refractivity contribution in [1.29, 1.82) is 0 Å². The number of hydrogen-bond acceptors (Lipinski definition) is 10. The van der Waals surface area contributed by atoms with Crippen LogP contribution in [-0.2, 0) is 26.0 Å². The number of carbonyl (C=O) groups excluding carboxylic acids is 3. The normalized spacial score (nSPS) is 20.1. The van der Waals surface area contributed by atoms with Crippen molar-refractivity contribution < 1.29 is 27.5 Å².